The van der Waals surface area contributed by atoms with E-state index in [0.29, 0.717) is 12.2 Å². The predicted octanol–water partition coefficient (Wildman–Crippen LogP) is 2.44. The average Bonchev–Trinajstić information content (AvgIpc) is 2.51. The molecule has 13 heavy (non-hydrogen) atoms. The molecule has 0 amide bonds. The number of hydrogen-bond acceptors (Lipinski definition) is 1. The minimum Gasteiger partial charge on any atom is -0.361 e. The molecule has 1 aromatic heterocycles. The zero-order chi connectivity index (χ0) is 9.64. The second-order valence-electron chi connectivity index (χ2n) is 4.75. The normalized spacial score (nSPS) is 16.4. The van der Waals surface area contributed by atoms with Gasteiger partial charge in [0.05, 0.1) is 0 Å². The van der Waals surface area contributed by atoms with Gasteiger partial charge in [-0.15, -0.1) is 0 Å². The molecule has 2 rings (SSSR count). The summed E-state index contributed by atoms with van der Waals surface area (Å²) in [5, 5.41) is 0. The molecule has 2 nitrogen and oxygen atoms in total. The van der Waals surface area contributed by atoms with Gasteiger partial charge in [-0.1, -0.05) is 20.8 Å². The van der Waals surface area contributed by atoms with Crippen LogP contribution in [0.5, 0.6) is 0 Å². The van der Waals surface area contributed by atoms with Gasteiger partial charge in [0.2, 0.25) is 0 Å². The van der Waals surface area contributed by atoms with Crippen molar-refractivity contribution in [2.75, 3.05) is 0 Å². The number of nitrogens with one attached hydrogen (secondary N) is 1. The molecular weight excluding hydrogens is 162 g/mol. The van der Waals surface area contributed by atoms with Crippen molar-refractivity contribution in [1.29, 1.82) is 0 Å². The zero-order valence-electron chi connectivity index (χ0n) is 8.40. The predicted molar refractivity (Wildman–Crippen MR) is 52.1 cm³/mol. The fraction of sp³-hybridized carbons (Fsp3) is 0.545. The Hall–Kier alpha value is -1.05. The first-order valence-electron chi connectivity index (χ1n) is 4.74. The second-order valence-corrected chi connectivity index (χ2v) is 4.75. The van der Waals surface area contributed by atoms with Crippen molar-refractivity contribution in [2.24, 2.45) is 0 Å². The number of rotatable bonds is 0. The van der Waals surface area contributed by atoms with Crippen LogP contribution in [0, 0.1) is 0 Å². The van der Waals surface area contributed by atoms with Crippen LogP contribution in [0.1, 0.15) is 48.9 Å². The molecule has 0 saturated heterocycles. The van der Waals surface area contributed by atoms with E-state index in [1.165, 1.54) is 5.69 Å². The van der Waals surface area contributed by atoms with Crippen molar-refractivity contribution in [2.45, 2.75) is 39.0 Å². The Morgan fingerprint density at radius 1 is 1.31 bits per heavy atom. The first kappa shape index (κ1) is 8.54. The lowest BCUT2D eigenvalue weighted by molar-refractivity contribution is 0.0994. The maximum absolute atomic E-state index is 11.4. The van der Waals surface area contributed by atoms with Crippen LogP contribution in [0.25, 0.3) is 0 Å². The maximum Gasteiger partial charge on any atom is 0.165 e. The third-order valence-corrected chi connectivity index (χ3v) is 2.61. The molecule has 1 aliphatic rings. The van der Waals surface area contributed by atoms with Crippen LogP contribution in [0.3, 0.4) is 0 Å². The van der Waals surface area contributed by atoms with Gasteiger partial charge >= 0.3 is 0 Å². The van der Waals surface area contributed by atoms with Crippen LogP contribution in [-0.2, 0) is 11.8 Å². The molecule has 0 atom stereocenters. The average molecular weight is 177 g/mol. The van der Waals surface area contributed by atoms with Gasteiger partial charge in [-0.05, 0) is 12.5 Å². The van der Waals surface area contributed by atoms with E-state index in [9.17, 15) is 4.79 Å². The Morgan fingerprint density at radius 2 is 2.00 bits per heavy atom. The SMILES string of the molecule is CC(C)(C)c1cc2c([nH]1)CCC2=O. The molecule has 0 saturated carbocycles. The second kappa shape index (κ2) is 2.47. The first-order chi connectivity index (χ1) is 5.98. The molecule has 0 bridgehead atoms. The van der Waals surface area contributed by atoms with E-state index in [2.05, 4.69) is 25.8 Å². The Balaban J connectivity index is 2.45. The van der Waals surface area contributed by atoms with E-state index in [-0.39, 0.29) is 5.41 Å². The lowest BCUT2D eigenvalue weighted by Crippen LogP contribution is -2.11. The summed E-state index contributed by atoms with van der Waals surface area (Å²) in [4.78, 5) is 14.7. The van der Waals surface area contributed by atoms with Crippen LogP contribution < -0.4 is 0 Å². The minimum absolute atomic E-state index is 0.116. The number of aryl methyl sites for hydroxylation is 1. The summed E-state index contributed by atoms with van der Waals surface area (Å²) in [7, 11) is 0. The molecule has 2 heteroatoms. The minimum atomic E-state index is 0.116. The quantitative estimate of drug-likeness (QED) is 0.648. The summed E-state index contributed by atoms with van der Waals surface area (Å²) in [6, 6.07) is 2.02. The molecule has 1 aliphatic carbocycles. The molecule has 70 valence electrons. The molecule has 1 heterocycles. The maximum atomic E-state index is 11.4. The van der Waals surface area contributed by atoms with Crippen molar-refractivity contribution in [3.05, 3.63) is 23.0 Å². The highest BCUT2D eigenvalue weighted by Crippen LogP contribution is 2.28. The number of Topliss-reactive ketones (excluding diaryl/α,β-unsaturated/α-hetero) is 1. The molecule has 0 unspecified atom stereocenters. The van der Waals surface area contributed by atoms with E-state index in [4.69, 9.17) is 0 Å². The van der Waals surface area contributed by atoms with E-state index < -0.39 is 0 Å². The molecule has 0 radical (unpaired) electrons. The van der Waals surface area contributed by atoms with Gasteiger partial charge in [-0.3, -0.25) is 4.79 Å². The lowest BCUT2D eigenvalue weighted by atomic mass is 9.92. The number of carbonyl (C=O) groups is 1. The van der Waals surface area contributed by atoms with Crippen LogP contribution in [0.2, 0.25) is 0 Å². The summed E-state index contributed by atoms with van der Waals surface area (Å²) in [6.45, 7) is 6.45. The number of ketones is 1. The summed E-state index contributed by atoms with van der Waals surface area (Å²) >= 11 is 0. The molecule has 0 spiro atoms. The zero-order valence-corrected chi connectivity index (χ0v) is 8.40. The smallest absolute Gasteiger partial charge is 0.165 e. The van der Waals surface area contributed by atoms with Crippen LogP contribution in [0.15, 0.2) is 6.07 Å². The van der Waals surface area contributed by atoms with E-state index in [0.717, 1.165) is 17.7 Å². The largest absolute Gasteiger partial charge is 0.361 e. The van der Waals surface area contributed by atoms with Gasteiger partial charge in [0.15, 0.2) is 5.78 Å². The Labute approximate surface area is 78.4 Å². The highest BCUT2D eigenvalue weighted by Gasteiger charge is 2.25. The van der Waals surface area contributed by atoms with Crippen molar-refractivity contribution in [1.82, 2.24) is 4.98 Å². The fourth-order valence-corrected chi connectivity index (χ4v) is 1.72. The molecule has 1 aromatic rings. The number of carbonyl (C=O) groups excluding carboxylic acids is 1. The highest BCUT2D eigenvalue weighted by atomic mass is 16.1. The molecule has 0 aromatic carbocycles. The van der Waals surface area contributed by atoms with Gasteiger partial charge in [-0.2, -0.15) is 0 Å². The Bertz CT molecular complexity index is 355. The fourth-order valence-electron chi connectivity index (χ4n) is 1.72. The topological polar surface area (TPSA) is 32.9 Å². The number of aromatic amines is 1. The van der Waals surface area contributed by atoms with Crippen molar-refractivity contribution in [3.63, 3.8) is 0 Å². The molecule has 1 N–H and O–H groups in total. The third-order valence-electron chi connectivity index (χ3n) is 2.61. The third kappa shape index (κ3) is 1.30. The van der Waals surface area contributed by atoms with Gasteiger partial charge in [-0.25, -0.2) is 0 Å². The van der Waals surface area contributed by atoms with E-state index >= 15 is 0 Å². The van der Waals surface area contributed by atoms with Gasteiger partial charge in [0.25, 0.3) is 0 Å². The van der Waals surface area contributed by atoms with Crippen LogP contribution >= 0.6 is 0 Å². The molecule has 0 aliphatic heterocycles. The number of aromatic nitrogens is 1. The van der Waals surface area contributed by atoms with Crippen molar-refractivity contribution < 1.29 is 4.79 Å². The summed E-state index contributed by atoms with van der Waals surface area (Å²) in [5.74, 6) is 0.293. The Kier molecular flexibility index (Phi) is 1.62. The van der Waals surface area contributed by atoms with Gasteiger partial charge in [0, 0.05) is 28.8 Å². The van der Waals surface area contributed by atoms with Gasteiger partial charge in [0.1, 0.15) is 0 Å². The van der Waals surface area contributed by atoms with Crippen molar-refractivity contribution in [3.8, 4) is 0 Å². The van der Waals surface area contributed by atoms with Crippen LogP contribution in [-0.4, -0.2) is 10.8 Å². The number of hydrogen-bond donors (Lipinski definition) is 1. The van der Waals surface area contributed by atoms with Gasteiger partial charge < -0.3 is 4.98 Å². The molecular formula is C11H15NO. The first-order valence-corrected chi connectivity index (χ1v) is 4.74. The molecule has 0 fully saturated rings. The number of H-pyrrole nitrogens is 1. The van der Waals surface area contributed by atoms with Crippen LogP contribution in [0.4, 0.5) is 0 Å². The lowest BCUT2D eigenvalue weighted by Gasteiger charge is -2.16. The standard InChI is InChI=1S/C11H15NO/c1-11(2,3)10-6-7-8(12-10)4-5-9(7)13/h6,12H,4-5H2,1-3H3. The van der Waals surface area contributed by atoms with E-state index in [1.807, 2.05) is 6.07 Å². The van der Waals surface area contributed by atoms with Crippen molar-refractivity contribution >= 4 is 5.78 Å². The summed E-state index contributed by atoms with van der Waals surface area (Å²) < 4.78 is 0. The summed E-state index contributed by atoms with van der Waals surface area (Å²) in [6.07, 6.45) is 1.58. The van der Waals surface area contributed by atoms with E-state index in [1.54, 1.807) is 0 Å². The monoisotopic (exact) mass is 177 g/mol. The number of fused-ring (bicyclic) bond motifs is 1. The Morgan fingerprint density at radius 3 is 2.54 bits per heavy atom. The summed E-state index contributed by atoms with van der Waals surface area (Å²) in [5.41, 5.74) is 3.34. The highest BCUT2D eigenvalue weighted by molar-refractivity contribution is 6.00.